The van der Waals surface area contributed by atoms with Gasteiger partial charge in [0.05, 0.1) is 23.3 Å². The summed E-state index contributed by atoms with van der Waals surface area (Å²) in [5.74, 6) is -0.228. The normalized spacial score (nSPS) is 11.2. The molecule has 6 heteroatoms. The number of nitrogens with one attached hydrogen (secondary N) is 1. The highest BCUT2D eigenvalue weighted by atomic mass is 16.1. The van der Waals surface area contributed by atoms with Crippen molar-refractivity contribution in [1.29, 1.82) is 0 Å². The van der Waals surface area contributed by atoms with Crippen molar-refractivity contribution in [2.24, 2.45) is 7.05 Å². The van der Waals surface area contributed by atoms with Crippen LogP contribution in [0.3, 0.4) is 0 Å². The van der Waals surface area contributed by atoms with Crippen LogP contribution in [0.5, 0.6) is 0 Å². The number of amides is 1. The van der Waals surface area contributed by atoms with E-state index in [0.29, 0.717) is 5.69 Å². The van der Waals surface area contributed by atoms with Crippen LogP contribution in [0.25, 0.3) is 17.1 Å². The summed E-state index contributed by atoms with van der Waals surface area (Å²) in [6.07, 6.45) is 6.41. The van der Waals surface area contributed by atoms with Crippen molar-refractivity contribution in [2.75, 3.05) is 5.32 Å². The van der Waals surface area contributed by atoms with E-state index in [-0.39, 0.29) is 5.91 Å². The Bertz CT molecular complexity index is 852. The molecule has 1 amide bonds. The minimum absolute atomic E-state index is 0.228. The summed E-state index contributed by atoms with van der Waals surface area (Å²) in [7, 11) is 1.84. The molecule has 22 heavy (non-hydrogen) atoms. The van der Waals surface area contributed by atoms with Gasteiger partial charge in [0, 0.05) is 24.7 Å². The number of nitrogens with zero attached hydrogens (tertiary/aromatic N) is 4. The lowest BCUT2D eigenvalue weighted by Crippen LogP contribution is -2.08. The number of fused-ring (bicyclic) bond motifs is 1. The summed E-state index contributed by atoms with van der Waals surface area (Å²) in [6, 6.07) is 7.40. The maximum absolute atomic E-state index is 11.9. The van der Waals surface area contributed by atoms with Crippen LogP contribution >= 0.6 is 0 Å². The molecule has 0 aromatic carbocycles. The van der Waals surface area contributed by atoms with Gasteiger partial charge >= 0.3 is 0 Å². The number of hydrogen-bond acceptors (Lipinski definition) is 4. The molecule has 3 heterocycles. The molecule has 0 aliphatic heterocycles. The Morgan fingerprint density at radius 3 is 2.95 bits per heavy atom. The van der Waals surface area contributed by atoms with Crippen molar-refractivity contribution >= 4 is 28.7 Å². The summed E-state index contributed by atoms with van der Waals surface area (Å²) >= 11 is 0. The molecule has 3 aromatic rings. The summed E-state index contributed by atoms with van der Waals surface area (Å²) in [5, 5.41) is 8.02. The maximum Gasteiger partial charge on any atom is 0.248 e. The number of aromatic nitrogens is 4. The third kappa shape index (κ3) is 2.85. The zero-order chi connectivity index (χ0) is 15.5. The summed E-state index contributed by atoms with van der Waals surface area (Å²) in [4.78, 5) is 20.4. The molecule has 0 aliphatic rings. The van der Waals surface area contributed by atoms with E-state index in [2.05, 4.69) is 20.4 Å². The van der Waals surface area contributed by atoms with Crippen LogP contribution in [0.1, 0.15) is 11.4 Å². The fourth-order valence-corrected chi connectivity index (χ4v) is 2.20. The summed E-state index contributed by atoms with van der Waals surface area (Å²) < 4.78 is 1.72. The van der Waals surface area contributed by atoms with Gasteiger partial charge in [0.2, 0.25) is 5.91 Å². The highest BCUT2D eigenvalue weighted by Crippen LogP contribution is 2.19. The number of anilines is 1. The molecule has 3 aromatic heterocycles. The second-order valence-corrected chi connectivity index (χ2v) is 4.88. The smallest absolute Gasteiger partial charge is 0.248 e. The minimum atomic E-state index is -0.228. The monoisotopic (exact) mass is 293 g/mol. The van der Waals surface area contributed by atoms with Crippen LogP contribution in [-0.4, -0.2) is 25.7 Å². The molecular weight excluding hydrogens is 278 g/mol. The second-order valence-electron chi connectivity index (χ2n) is 4.88. The molecule has 0 fully saturated rings. The van der Waals surface area contributed by atoms with E-state index in [1.807, 2.05) is 38.2 Å². The van der Waals surface area contributed by atoms with Gasteiger partial charge in [-0.15, -0.1) is 0 Å². The SMILES string of the molecule is Cc1nn(C)c2ncc(NC(=O)/C=C/c3ccccn3)cc12. The molecule has 3 rings (SSSR count). The topological polar surface area (TPSA) is 72.7 Å². The van der Waals surface area contributed by atoms with Crippen molar-refractivity contribution < 1.29 is 4.79 Å². The fraction of sp³-hybridized carbons (Fsp3) is 0.125. The van der Waals surface area contributed by atoms with Crippen LogP contribution in [0.2, 0.25) is 0 Å². The zero-order valence-electron chi connectivity index (χ0n) is 12.3. The van der Waals surface area contributed by atoms with Gasteiger partial charge in [0.15, 0.2) is 5.65 Å². The first kappa shape index (κ1) is 13.9. The van der Waals surface area contributed by atoms with Gasteiger partial charge in [-0.3, -0.25) is 14.5 Å². The van der Waals surface area contributed by atoms with E-state index in [1.165, 1.54) is 6.08 Å². The van der Waals surface area contributed by atoms with Crippen molar-refractivity contribution in [1.82, 2.24) is 19.7 Å². The fourth-order valence-electron chi connectivity index (χ4n) is 2.20. The van der Waals surface area contributed by atoms with Crippen molar-refractivity contribution in [2.45, 2.75) is 6.92 Å². The third-order valence-electron chi connectivity index (χ3n) is 3.22. The first-order valence-corrected chi connectivity index (χ1v) is 6.83. The standard InChI is InChI=1S/C16H15N5O/c1-11-14-9-13(10-18-16(14)21(2)20-11)19-15(22)7-6-12-5-3-4-8-17-12/h3-10H,1-2H3,(H,19,22)/b7-6+. The lowest BCUT2D eigenvalue weighted by atomic mass is 10.2. The molecule has 0 saturated heterocycles. The molecule has 0 aliphatic carbocycles. The van der Waals surface area contributed by atoms with Crippen LogP contribution in [0.4, 0.5) is 5.69 Å². The summed E-state index contributed by atoms with van der Waals surface area (Å²) in [6.45, 7) is 1.91. The molecular formula is C16H15N5O. The number of aryl methyl sites for hydroxylation is 2. The third-order valence-corrected chi connectivity index (χ3v) is 3.22. The van der Waals surface area contributed by atoms with Gasteiger partial charge in [-0.25, -0.2) is 4.98 Å². The molecule has 110 valence electrons. The van der Waals surface area contributed by atoms with Crippen molar-refractivity contribution in [3.63, 3.8) is 0 Å². The Balaban J connectivity index is 1.77. The molecule has 0 atom stereocenters. The second kappa shape index (κ2) is 5.77. The number of hydrogen-bond donors (Lipinski definition) is 1. The number of carbonyl (C=O) groups excluding carboxylic acids is 1. The number of pyridine rings is 2. The van der Waals surface area contributed by atoms with Crippen molar-refractivity contribution in [3.8, 4) is 0 Å². The van der Waals surface area contributed by atoms with Gasteiger partial charge in [0.25, 0.3) is 0 Å². The molecule has 0 spiro atoms. The average molecular weight is 293 g/mol. The largest absolute Gasteiger partial charge is 0.321 e. The van der Waals surface area contributed by atoms with E-state index in [0.717, 1.165) is 22.4 Å². The number of carbonyl (C=O) groups is 1. The number of rotatable bonds is 3. The predicted octanol–water partition coefficient (Wildman–Crippen LogP) is 2.32. The Morgan fingerprint density at radius 2 is 2.18 bits per heavy atom. The minimum Gasteiger partial charge on any atom is -0.321 e. The predicted molar refractivity (Wildman–Crippen MR) is 85.1 cm³/mol. The van der Waals surface area contributed by atoms with Gasteiger partial charge in [-0.1, -0.05) is 6.07 Å². The molecule has 0 saturated carbocycles. The lowest BCUT2D eigenvalue weighted by molar-refractivity contribution is -0.111. The lowest BCUT2D eigenvalue weighted by Gasteiger charge is -2.02. The molecule has 1 N–H and O–H groups in total. The van der Waals surface area contributed by atoms with Gasteiger partial charge < -0.3 is 5.32 Å². The first-order valence-electron chi connectivity index (χ1n) is 6.83. The van der Waals surface area contributed by atoms with E-state index < -0.39 is 0 Å². The Morgan fingerprint density at radius 1 is 1.32 bits per heavy atom. The Hall–Kier alpha value is -3.02. The highest BCUT2D eigenvalue weighted by Gasteiger charge is 2.07. The first-order chi connectivity index (χ1) is 10.6. The quantitative estimate of drug-likeness (QED) is 0.752. The van der Waals surface area contributed by atoms with Gasteiger partial charge in [-0.2, -0.15) is 5.10 Å². The maximum atomic E-state index is 11.9. The van der Waals surface area contributed by atoms with Crippen molar-refractivity contribution in [3.05, 3.63) is 54.1 Å². The Kier molecular flexibility index (Phi) is 3.65. The molecule has 0 bridgehead atoms. The van der Waals surface area contributed by atoms with E-state index >= 15 is 0 Å². The molecule has 0 radical (unpaired) electrons. The highest BCUT2D eigenvalue weighted by molar-refractivity contribution is 6.02. The average Bonchev–Trinajstić information content (AvgIpc) is 2.81. The van der Waals surface area contributed by atoms with E-state index in [9.17, 15) is 4.79 Å². The Labute approximate surface area is 127 Å². The van der Waals surface area contributed by atoms with Gasteiger partial charge in [-0.05, 0) is 31.2 Å². The summed E-state index contributed by atoms with van der Waals surface area (Å²) in [5.41, 5.74) is 3.04. The molecule has 0 unspecified atom stereocenters. The van der Waals surface area contributed by atoms with Crippen LogP contribution in [-0.2, 0) is 11.8 Å². The van der Waals surface area contributed by atoms with Gasteiger partial charge in [0.1, 0.15) is 0 Å². The van der Waals surface area contributed by atoms with E-state index in [1.54, 1.807) is 23.2 Å². The molecule has 6 nitrogen and oxygen atoms in total. The van der Waals surface area contributed by atoms with Crippen LogP contribution in [0, 0.1) is 6.92 Å². The van der Waals surface area contributed by atoms with E-state index in [4.69, 9.17) is 0 Å². The van der Waals surface area contributed by atoms with Crippen LogP contribution in [0.15, 0.2) is 42.7 Å². The van der Waals surface area contributed by atoms with Crippen LogP contribution < -0.4 is 5.32 Å². The zero-order valence-corrected chi connectivity index (χ0v) is 12.3.